The van der Waals surface area contributed by atoms with Gasteiger partial charge in [0.05, 0.1) is 30.7 Å². The topological polar surface area (TPSA) is 286 Å². The minimum Gasteiger partial charge on any atom is -0.462 e. The van der Waals surface area contributed by atoms with Gasteiger partial charge in [-0.1, -0.05) is 60.7 Å². The monoisotopic (exact) mass is 1020 g/mol. The largest absolute Gasteiger partial charge is 0.462 e. The highest BCUT2D eigenvalue weighted by molar-refractivity contribution is 5.76. The van der Waals surface area contributed by atoms with Crippen molar-refractivity contribution in [1.29, 1.82) is 0 Å². The number of hydrogen-bond acceptors (Lipinski definition) is 21. The maximum absolute atomic E-state index is 13.4. The fourth-order valence-electron chi connectivity index (χ4n) is 7.91. The van der Waals surface area contributed by atoms with Crippen LogP contribution in [0.3, 0.4) is 0 Å². The first-order chi connectivity index (χ1) is 33.8. The summed E-state index contributed by atoms with van der Waals surface area (Å²) in [5.74, 6) is -4.72. The van der Waals surface area contributed by atoms with Crippen molar-refractivity contribution < 1.29 is 101 Å². The van der Waals surface area contributed by atoms with Crippen molar-refractivity contribution in [3.05, 3.63) is 71.8 Å². The highest BCUT2D eigenvalue weighted by atomic mass is 16.8. The van der Waals surface area contributed by atoms with Gasteiger partial charge in [0.1, 0.15) is 68.1 Å². The van der Waals surface area contributed by atoms with Crippen LogP contribution in [-0.2, 0) is 98.8 Å². The van der Waals surface area contributed by atoms with Crippen LogP contribution in [0.5, 0.6) is 0 Å². The molecule has 3 aliphatic rings. The molecule has 1 amide bonds. The Kier molecular flexibility index (Phi) is 20.6. The zero-order valence-electron chi connectivity index (χ0n) is 42.2. The van der Waals surface area contributed by atoms with Crippen molar-refractivity contribution in [2.75, 3.05) is 19.8 Å². The summed E-state index contributed by atoms with van der Waals surface area (Å²) in [6, 6.07) is 16.5. The quantitative estimate of drug-likeness (QED) is 0.116. The fourth-order valence-corrected chi connectivity index (χ4v) is 7.91. The van der Waals surface area contributed by atoms with Gasteiger partial charge in [0, 0.05) is 27.7 Å². The molecule has 0 spiro atoms. The van der Waals surface area contributed by atoms with Crippen molar-refractivity contribution >= 4 is 35.8 Å². The number of esters is 5. The Balaban J connectivity index is 1.64. The van der Waals surface area contributed by atoms with Crippen molar-refractivity contribution in [1.82, 2.24) is 5.32 Å². The maximum Gasteiger partial charge on any atom is 0.311 e. The summed E-state index contributed by atoms with van der Waals surface area (Å²) >= 11 is 0. The number of hydrogen-bond donors (Lipinski definition) is 4. The van der Waals surface area contributed by atoms with Gasteiger partial charge in [0.15, 0.2) is 37.2 Å². The molecule has 0 aromatic heterocycles. The number of amides is 1. The summed E-state index contributed by atoms with van der Waals surface area (Å²) in [6.45, 7) is 12.5. The van der Waals surface area contributed by atoms with Gasteiger partial charge >= 0.3 is 29.8 Å². The van der Waals surface area contributed by atoms with E-state index in [9.17, 15) is 44.1 Å². The molecule has 15 atom stereocenters. The first-order valence-corrected chi connectivity index (χ1v) is 23.6. The minimum absolute atomic E-state index is 0.0632. The second-order valence-electron chi connectivity index (χ2n) is 19.7. The van der Waals surface area contributed by atoms with E-state index in [0.29, 0.717) is 5.56 Å². The number of aliphatic hydroxyl groups excluding tert-OH is 3. The van der Waals surface area contributed by atoms with Gasteiger partial charge in [-0.2, -0.15) is 0 Å². The standard InChI is InChI=1S/C50H69NO21/c1-26(52)51-35-40(71-46-43(67-29(4)55)42(66-28(3)54)39(65-27(2)53)34(70-46)25-64-48(60)50(8,9)10)38(62-22-31-19-15-12-16-20-31)33(23-61-21-30-17-13-11-14-18-30)69-45(35)72-41-36(56)32(68-44(58)37(41)57)24-63-47(59)49(5,6)7/h11-20,32-46,56-58H,21-25H2,1-10H3,(H,51,52)/t32-,33-,34-,35-,36+,37-,38-,39+,40-,41+,42+,43-,44-,45+,46+/m1/s1. The lowest BCUT2D eigenvalue weighted by atomic mass is 9.93. The Morgan fingerprint density at radius 2 is 1.00 bits per heavy atom. The van der Waals surface area contributed by atoms with E-state index in [0.717, 1.165) is 26.3 Å². The molecule has 3 saturated heterocycles. The predicted molar refractivity (Wildman–Crippen MR) is 246 cm³/mol. The molecular weight excluding hydrogens is 951 g/mol. The molecule has 22 nitrogen and oxygen atoms in total. The molecule has 0 radical (unpaired) electrons. The van der Waals surface area contributed by atoms with E-state index < -0.39 is 152 Å². The van der Waals surface area contributed by atoms with Crippen LogP contribution in [0.15, 0.2) is 60.7 Å². The lowest BCUT2D eigenvalue weighted by molar-refractivity contribution is -0.368. The number of carbonyl (C=O) groups excluding carboxylic acids is 6. The summed E-state index contributed by atoms with van der Waals surface area (Å²) in [5.41, 5.74) is -0.501. The summed E-state index contributed by atoms with van der Waals surface area (Å²) < 4.78 is 72.7. The van der Waals surface area contributed by atoms with Gasteiger partial charge in [-0.25, -0.2) is 0 Å². The van der Waals surface area contributed by atoms with Crippen molar-refractivity contribution in [2.45, 2.75) is 175 Å². The van der Waals surface area contributed by atoms with Gasteiger partial charge in [-0.3, -0.25) is 28.8 Å². The summed E-state index contributed by atoms with van der Waals surface area (Å²) in [6.07, 6.45) is -23.2. The van der Waals surface area contributed by atoms with Crippen LogP contribution in [0, 0.1) is 10.8 Å². The Bertz CT molecular complexity index is 2110. The third-order valence-corrected chi connectivity index (χ3v) is 11.4. The van der Waals surface area contributed by atoms with E-state index in [2.05, 4.69) is 5.32 Å². The van der Waals surface area contributed by atoms with E-state index in [1.807, 2.05) is 30.3 Å². The third-order valence-electron chi connectivity index (χ3n) is 11.4. The Morgan fingerprint density at radius 3 is 1.53 bits per heavy atom. The smallest absolute Gasteiger partial charge is 0.311 e. The normalized spacial score (nSPS) is 30.8. The lowest BCUT2D eigenvalue weighted by Gasteiger charge is -2.51. The van der Waals surface area contributed by atoms with Gasteiger partial charge in [0.2, 0.25) is 5.91 Å². The van der Waals surface area contributed by atoms with Crippen LogP contribution in [0.1, 0.15) is 80.4 Å². The van der Waals surface area contributed by atoms with Crippen molar-refractivity contribution in [2.24, 2.45) is 10.8 Å². The minimum atomic E-state index is -1.99. The molecule has 0 saturated carbocycles. The molecule has 3 aliphatic heterocycles. The average Bonchev–Trinajstić information content (AvgIpc) is 3.29. The second-order valence-corrected chi connectivity index (χ2v) is 19.7. The van der Waals surface area contributed by atoms with Crippen LogP contribution in [-0.4, -0.2) is 163 Å². The zero-order chi connectivity index (χ0) is 53.1. The molecule has 72 heavy (non-hydrogen) atoms. The number of benzene rings is 2. The molecule has 22 heteroatoms. The highest BCUT2D eigenvalue weighted by Gasteiger charge is 2.58. The molecule has 3 heterocycles. The number of carbonyl (C=O) groups is 6. The van der Waals surface area contributed by atoms with E-state index >= 15 is 0 Å². The van der Waals surface area contributed by atoms with Crippen LogP contribution < -0.4 is 5.32 Å². The summed E-state index contributed by atoms with van der Waals surface area (Å²) in [4.78, 5) is 77.7. The summed E-state index contributed by atoms with van der Waals surface area (Å²) in [7, 11) is 0. The van der Waals surface area contributed by atoms with E-state index in [1.165, 1.54) is 6.92 Å². The number of ether oxygens (including phenoxy) is 12. The molecule has 0 bridgehead atoms. The van der Waals surface area contributed by atoms with Crippen LogP contribution in [0.2, 0.25) is 0 Å². The van der Waals surface area contributed by atoms with Crippen molar-refractivity contribution in [3.63, 3.8) is 0 Å². The molecule has 2 aromatic rings. The Morgan fingerprint density at radius 1 is 0.528 bits per heavy atom. The van der Waals surface area contributed by atoms with E-state index in [-0.39, 0.29) is 19.8 Å². The molecule has 400 valence electrons. The molecule has 4 N–H and O–H groups in total. The van der Waals surface area contributed by atoms with Crippen LogP contribution in [0.25, 0.3) is 0 Å². The SMILES string of the molecule is CC(=O)N[C@H]1[C@H](O[C@@H]2[C@@H](O)[C@H](O)O[C@H](COC(=O)C(C)(C)C)[C@@H]2O)O[C@H](COCc2ccccc2)[C@@H](OCc2ccccc2)[C@@H]1O[C@@H]1O[C@H](COC(=O)C(C)(C)C)[C@H](OC(C)=O)[C@H](OC(C)=O)[C@H]1OC(C)=O. The van der Waals surface area contributed by atoms with Crippen molar-refractivity contribution in [3.8, 4) is 0 Å². The highest BCUT2D eigenvalue weighted by Crippen LogP contribution is 2.37. The van der Waals surface area contributed by atoms with Gasteiger partial charge in [-0.05, 0) is 52.7 Å². The average molecular weight is 1020 g/mol. The lowest BCUT2D eigenvalue weighted by Crippen LogP contribution is -2.70. The maximum atomic E-state index is 13.4. The summed E-state index contributed by atoms with van der Waals surface area (Å²) in [5, 5.41) is 36.8. The molecular formula is C50H69NO21. The number of rotatable bonds is 19. The van der Waals surface area contributed by atoms with Gasteiger partial charge < -0.3 is 77.5 Å². The van der Waals surface area contributed by atoms with Crippen LogP contribution in [0.4, 0.5) is 0 Å². The van der Waals surface area contributed by atoms with E-state index in [4.69, 9.17) is 56.8 Å². The molecule has 5 rings (SSSR count). The molecule has 0 unspecified atom stereocenters. The van der Waals surface area contributed by atoms with Gasteiger partial charge in [-0.15, -0.1) is 0 Å². The number of nitrogens with one attached hydrogen (secondary N) is 1. The first-order valence-electron chi connectivity index (χ1n) is 23.6. The second kappa shape index (κ2) is 25.7. The molecule has 3 fully saturated rings. The molecule has 0 aliphatic carbocycles. The van der Waals surface area contributed by atoms with E-state index in [1.54, 1.807) is 71.9 Å². The Hall–Kier alpha value is -5.14. The Labute approximate surface area is 418 Å². The fraction of sp³-hybridized carbons (Fsp3) is 0.640. The first kappa shape index (κ1) is 57.8. The zero-order valence-corrected chi connectivity index (χ0v) is 42.2. The third kappa shape index (κ3) is 16.2. The predicted octanol–water partition coefficient (Wildman–Crippen LogP) is 1.93. The van der Waals surface area contributed by atoms with Crippen LogP contribution >= 0.6 is 0 Å². The number of aliphatic hydroxyl groups is 3. The van der Waals surface area contributed by atoms with Gasteiger partial charge in [0.25, 0.3) is 0 Å². The molecule has 2 aromatic carbocycles.